The Hall–Kier alpha value is -1.06. The summed E-state index contributed by atoms with van der Waals surface area (Å²) in [6.45, 7) is 0.693. The van der Waals surface area contributed by atoms with E-state index in [1.54, 1.807) is 18.2 Å². The van der Waals surface area contributed by atoms with E-state index in [4.69, 9.17) is 22.1 Å². The van der Waals surface area contributed by atoms with Gasteiger partial charge in [0.15, 0.2) is 5.78 Å². The van der Waals surface area contributed by atoms with Gasteiger partial charge in [-0.05, 0) is 37.0 Å². The third-order valence-corrected chi connectivity index (χ3v) is 2.78. The molecule has 4 heteroatoms. The number of ether oxygens (including phenoxy) is 1. The van der Waals surface area contributed by atoms with E-state index in [-0.39, 0.29) is 12.3 Å². The molecule has 0 unspecified atom stereocenters. The normalized spacial score (nSPS) is 14.9. The van der Waals surface area contributed by atoms with Crippen molar-refractivity contribution in [1.29, 1.82) is 0 Å². The van der Waals surface area contributed by atoms with Crippen molar-refractivity contribution in [2.75, 3.05) is 13.2 Å². The van der Waals surface area contributed by atoms with Crippen molar-refractivity contribution in [2.45, 2.75) is 12.8 Å². The van der Waals surface area contributed by atoms with Gasteiger partial charge in [0.05, 0.1) is 13.2 Å². The molecule has 1 aromatic carbocycles. The number of halogens is 1. The molecular weight excluding hydrogens is 226 g/mol. The van der Waals surface area contributed by atoms with Gasteiger partial charge in [-0.25, -0.2) is 0 Å². The second-order valence-electron chi connectivity index (χ2n) is 4.06. The molecule has 0 bridgehead atoms. The highest BCUT2D eigenvalue weighted by atomic mass is 35.5. The number of nitrogens with two attached hydrogens (primary N) is 1. The number of hydrogen-bond acceptors (Lipinski definition) is 3. The summed E-state index contributed by atoms with van der Waals surface area (Å²) in [5, 5.41) is 0.505. The van der Waals surface area contributed by atoms with Crippen molar-refractivity contribution in [3.63, 3.8) is 0 Å². The summed E-state index contributed by atoms with van der Waals surface area (Å²) in [5.74, 6) is 1.20. The SMILES string of the molecule is NCC(=O)c1cc(Cl)cc(OCC2CC2)c1. The molecule has 3 nitrogen and oxygen atoms in total. The summed E-state index contributed by atoms with van der Waals surface area (Å²) in [7, 11) is 0. The number of ketones is 1. The highest BCUT2D eigenvalue weighted by molar-refractivity contribution is 6.31. The molecule has 86 valence electrons. The Morgan fingerprint density at radius 2 is 2.19 bits per heavy atom. The maximum Gasteiger partial charge on any atom is 0.176 e. The average molecular weight is 240 g/mol. The minimum Gasteiger partial charge on any atom is -0.493 e. The van der Waals surface area contributed by atoms with Crippen LogP contribution in [0.5, 0.6) is 5.75 Å². The number of hydrogen-bond donors (Lipinski definition) is 1. The van der Waals surface area contributed by atoms with Gasteiger partial charge in [-0.15, -0.1) is 0 Å². The van der Waals surface area contributed by atoms with Crippen molar-refractivity contribution < 1.29 is 9.53 Å². The van der Waals surface area contributed by atoms with Gasteiger partial charge in [-0.1, -0.05) is 11.6 Å². The van der Waals surface area contributed by atoms with Gasteiger partial charge in [-0.3, -0.25) is 4.79 Å². The quantitative estimate of drug-likeness (QED) is 0.802. The molecule has 1 saturated carbocycles. The van der Waals surface area contributed by atoms with Crippen LogP contribution in [0, 0.1) is 5.92 Å². The van der Waals surface area contributed by atoms with Crippen LogP contribution in [0.25, 0.3) is 0 Å². The molecule has 0 spiro atoms. The van der Waals surface area contributed by atoms with Crippen LogP contribution in [-0.2, 0) is 0 Å². The zero-order valence-electron chi connectivity index (χ0n) is 8.91. The Morgan fingerprint density at radius 1 is 1.44 bits per heavy atom. The van der Waals surface area contributed by atoms with Crippen molar-refractivity contribution >= 4 is 17.4 Å². The Kier molecular flexibility index (Phi) is 3.46. The molecule has 16 heavy (non-hydrogen) atoms. The molecule has 2 rings (SSSR count). The maximum atomic E-state index is 11.4. The van der Waals surface area contributed by atoms with E-state index in [2.05, 4.69) is 0 Å². The Bertz CT molecular complexity index is 402. The lowest BCUT2D eigenvalue weighted by Gasteiger charge is -2.07. The molecule has 1 aliphatic carbocycles. The summed E-state index contributed by atoms with van der Waals surface area (Å²) < 4.78 is 5.57. The van der Waals surface area contributed by atoms with Gasteiger partial charge in [0.2, 0.25) is 0 Å². The summed E-state index contributed by atoms with van der Waals surface area (Å²) in [6.07, 6.45) is 2.46. The zero-order valence-corrected chi connectivity index (χ0v) is 9.67. The molecule has 0 saturated heterocycles. The third kappa shape index (κ3) is 2.97. The van der Waals surface area contributed by atoms with Crippen molar-refractivity contribution in [2.24, 2.45) is 11.7 Å². The van der Waals surface area contributed by atoms with Crippen molar-refractivity contribution in [3.8, 4) is 5.75 Å². The lowest BCUT2D eigenvalue weighted by molar-refractivity contribution is 0.100. The Morgan fingerprint density at radius 3 is 2.81 bits per heavy atom. The zero-order chi connectivity index (χ0) is 11.5. The molecule has 0 heterocycles. The Balaban J connectivity index is 2.10. The highest BCUT2D eigenvalue weighted by Crippen LogP contribution is 2.30. The van der Waals surface area contributed by atoms with Crippen LogP contribution in [0.1, 0.15) is 23.2 Å². The third-order valence-electron chi connectivity index (χ3n) is 2.56. The predicted octanol–water partition coefficient (Wildman–Crippen LogP) is 2.27. The second kappa shape index (κ2) is 4.85. The monoisotopic (exact) mass is 239 g/mol. The first-order chi connectivity index (χ1) is 7.69. The van der Waals surface area contributed by atoms with Gasteiger partial charge < -0.3 is 10.5 Å². The minimum atomic E-state index is -0.126. The topological polar surface area (TPSA) is 52.3 Å². The van der Waals surface area contributed by atoms with Crippen LogP contribution in [0.2, 0.25) is 5.02 Å². The van der Waals surface area contributed by atoms with Gasteiger partial charge in [0, 0.05) is 10.6 Å². The lowest BCUT2D eigenvalue weighted by atomic mass is 10.1. The molecule has 1 fully saturated rings. The first-order valence-electron chi connectivity index (χ1n) is 5.35. The predicted molar refractivity (Wildman–Crippen MR) is 63.1 cm³/mol. The molecule has 1 aliphatic rings. The smallest absolute Gasteiger partial charge is 0.176 e. The first-order valence-corrected chi connectivity index (χ1v) is 5.73. The molecular formula is C12H14ClNO2. The van der Waals surface area contributed by atoms with E-state index < -0.39 is 0 Å². The fourth-order valence-electron chi connectivity index (χ4n) is 1.42. The minimum absolute atomic E-state index is 0.0115. The van der Waals surface area contributed by atoms with Crippen molar-refractivity contribution in [3.05, 3.63) is 28.8 Å². The Labute approximate surface area is 99.5 Å². The van der Waals surface area contributed by atoms with Gasteiger partial charge >= 0.3 is 0 Å². The van der Waals surface area contributed by atoms with E-state index in [1.807, 2.05) is 0 Å². The van der Waals surface area contributed by atoms with Crippen LogP contribution in [0.4, 0.5) is 0 Å². The lowest BCUT2D eigenvalue weighted by Crippen LogP contribution is -2.13. The van der Waals surface area contributed by atoms with Crippen molar-refractivity contribution in [1.82, 2.24) is 0 Å². The largest absolute Gasteiger partial charge is 0.493 e. The molecule has 1 aromatic rings. The number of Topliss-reactive ketones (excluding diaryl/α,β-unsaturated/α-hetero) is 1. The molecule has 0 amide bonds. The van der Waals surface area contributed by atoms with Gasteiger partial charge in [0.1, 0.15) is 5.75 Å². The summed E-state index contributed by atoms with van der Waals surface area (Å²) in [6, 6.07) is 5.03. The van der Waals surface area contributed by atoms with Crippen LogP contribution in [0.3, 0.4) is 0 Å². The summed E-state index contributed by atoms with van der Waals surface area (Å²) in [5.41, 5.74) is 5.82. The molecule has 0 aromatic heterocycles. The van der Waals surface area contributed by atoms with E-state index >= 15 is 0 Å². The van der Waals surface area contributed by atoms with Crippen LogP contribution < -0.4 is 10.5 Å². The fraction of sp³-hybridized carbons (Fsp3) is 0.417. The first kappa shape index (κ1) is 11.4. The second-order valence-corrected chi connectivity index (χ2v) is 4.49. The van der Waals surface area contributed by atoms with Crippen LogP contribution >= 0.6 is 11.6 Å². The standard InChI is InChI=1S/C12H14ClNO2/c13-10-3-9(12(15)6-14)4-11(5-10)16-7-8-1-2-8/h3-5,8H,1-2,6-7,14H2. The number of carbonyl (C=O) groups is 1. The van der Waals surface area contributed by atoms with Gasteiger partial charge in [0.25, 0.3) is 0 Å². The molecule has 0 atom stereocenters. The number of rotatable bonds is 5. The van der Waals surface area contributed by atoms with E-state index in [9.17, 15) is 4.79 Å². The van der Waals surface area contributed by atoms with E-state index in [0.29, 0.717) is 28.9 Å². The fourth-order valence-corrected chi connectivity index (χ4v) is 1.65. The maximum absolute atomic E-state index is 11.4. The number of carbonyl (C=O) groups excluding carboxylic acids is 1. The molecule has 2 N–H and O–H groups in total. The van der Waals surface area contributed by atoms with Crippen LogP contribution in [0.15, 0.2) is 18.2 Å². The number of benzene rings is 1. The molecule has 0 aliphatic heterocycles. The molecule has 0 radical (unpaired) electrons. The highest BCUT2D eigenvalue weighted by Gasteiger charge is 2.22. The average Bonchev–Trinajstić information content (AvgIpc) is 3.08. The summed E-state index contributed by atoms with van der Waals surface area (Å²) in [4.78, 5) is 11.4. The van der Waals surface area contributed by atoms with E-state index in [0.717, 1.165) is 0 Å². The van der Waals surface area contributed by atoms with Crippen LogP contribution in [-0.4, -0.2) is 18.9 Å². The van der Waals surface area contributed by atoms with E-state index in [1.165, 1.54) is 12.8 Å². The van der Waals surface area contributed by atoms with Gasteiger partial charge in [-0.2, -0.15) is 0 Å². The summed E-state index contributed by atoms with van der Waals surface area (Å²) >= 11 is 5.91.